The van der Waals surface area contributed by atoms with Gasteiger partial charge in [-0.2, -0.15) is 0 Å². The smallest absolute Gasteiger partial charge is 0.115 e. The number of aryl methyl sites for hydroxylation is 1. The second kappa shape index (κ2) is 10.9. The predicted molar refractivity (Wildman–Crippen MR) is 98.1 cm³/mol. The molecule has 1 aromatic rings. The third kappa shape index (κ3) is 10.6. The second-order valence-corrected chi connectivity index (χ2v) is 6.92. The number of benzene rings is 1. The fourth-order valence-corrected chi connectivity index (χ4v) is 2.05. The lowest BCUT2D eigenvalue weighted by atomic mass is 10.2. The van der Waals surface area contributed by atoms with Crippen LogP contribution in [-0.4, -0.2) is 82.4 Å². The maximum absolute atomic E-state index is 8.85. The van der Waals surface area contributed by atoms with Gasteiger partial charge < -0.3 is 33.5 Å². The Balaban J connectivity index is 0.000000117. The van der Waals surface area contributed by atoms with E-state index in [1.54, 1.807) is 12.1 Å². The Kier molecular flexibility index (Phi) is 8.32. The van der Waals surface area contributed by atoms with Crippen molar-refractivity contribution in [2.24, 2.45) is 0 Å². The fourth-order valence-electron chi connectivity index (χ4n) is 2.05. The minimum Gasteiger partial charge on any atom is -0.508 e. The van der Waals surface area contributed by atoms with Crippen LogP contribution in [-0.2, 0) is 34.8 Å². The van der Waals surface area contributed by atoms with Crippen LogP contribution in [0.2, 0.25) is 0 Å². The molecule has 4 aliphatic heterocycles. The zero-order chi connectivity index (χ0) is 18.9. The molecule has 0 spiro atoms. The number of hydrogen-bond donors (Lipinski definition) is 1. The lowest BCUT2D eigenvalue weighted by Gasteiger charge is -1.95. The van der Waals surface area contributed by atoms with Crippen LogP contribution in [0.4, 0.5) is 0 Å². The lowest BCUT2D eigenvalue weighted by Crippen LogP contribution is -2.06. The van der Waals surface area contributed by atoms with Gasteiger partial charge in [-0.3, -0.25) is 0 Å². The van der Waals surface area contributed by atoms with Crippen molar-refractivity contribution in [3.8, 4) is 5.75 Å². The first-order valence-electron chi connectivity index (χ1n) is 9.62. The standard InChI is InChI=1S/C8H10O.2C6H10O3/c1-2-7-3-5-8(9)6-4-7;2*1(5-3-8-5)7-2-6-4-9-6/h3-6,9H,2H2,1H3;2*5-6H,1-4H2. The summed E-state index contributed by atoms with van der Waals surface area (Å²) in [6.07, 6.45) is 2.60. The number of aromatic hydroxyl groups is 1. The molecule has 0 aliphatic carbocycles. The summed E-state index contributed by atoms with van der Waals surface area (Å²) in [5.41, 5.74) is 1.26. The van der Waals surface area contributed by atoms with Crippen LogP contribution in [0.1, 0.15) is 12.5 Å². The van der Waals surface area contributed by atoms with Crippen LogP contribution in [0, 0.1) is 0 Å². The van der Waals surface area contributed by atoms with Crippen molar-refractivity contribution >= 4 is 0 Å². The number of epoxide rings is 4. The summed E-state index contributed by atoms with van der Waals surface area (Å²) in [5.74, 6) is 0.340. The van der Waals surface area contributed by atoms with Crippen molar-refractivity contribution in [1.82, 2.24) is 0 Å². The third-order valence-corrected chi connectivity index (χ3v) is 4.17. The van der Waals surface area contributed by atoms with E-state index in [9.17, 15) is 0 Å². The minimum absolute atomic E-state index is 0.340. The van der Waals surface area contributed by atoms with Gasteiger partial charge in [-0.1, -0.05) is 19.1 Å². The van der Waals surface area contributed by atoms with Gasteiger partial charge in [-0.15, -0.1) is 0 Å². The first kappa shape index (κ1) is 20.5. The van der Waals surface area contributed by atoms with Crippen molar-refractivity contribution in [3.05, 3.63) is 29.8 Å². The fraction of sp³-hybridized carbons (Fsp3) is 0.700. The van der Waals surface area contributed by atoms with Crippen molar-refractivity contribution in [3.63, 3.8) is 0 Å². The first-order chi connectivity index (χ1) is 13.2. The molecule has 152 valence electrons. The normalized spacial score (nSPS) is 28.9. The molecule has 7 heteroatoms. The summed E-state index contributed by atoms with van der Waals surface area (Å²) >= 11 is 0. The number of ether oxygens (including phenoxy) is 6. The van der Waals surface area contributed by atoms with Crippen LogP contribution < -0.4 is 0 Å². The quantitative estimate of drug-likeness (QED) is 0.648. The molecule has 7 nitrogen and oxygen atoms in total. The predicted octanol–water partition coefficient (Wildman–Crippen LogP) is 1.56. The Morgan fingerprint density at radius 1 is 0.741 bits per heavy atom. The highest BCUT2D eigenvalue weighted by atomic mass is 16.6. The molecular weight excluding hydrogens is 352 g/mol. The zero-order valence-electron chi connectivity index (χ0n) is 15.9. The molecule has 4 saturated heterocycles. The van der Waals surface area contributed by atoms with Crippen LogP contribution in [0.3, 0.4) is 0 Å². The number of hydrogen-bond acceptors (Lipinski definition) is 7. The molecule has 4 fully saturated rings. The van der Waals surface area contributed by atoms with E-state index in [2.05, 4.69) is 6.92 Å². The van der Waals surface area contributed by atoms with E-state index in [-0.39, 0.29) is 0 Å². The Hall–Kier alpha value is -1.22. The molecule has 4 atom stereocenters. The van der Waals surface area contributed by atoms with Gasteiger partial charge in [0.2, 0.25) is 0 Å². The van der Waals surface area contributed by atoms with Crippen LogP contribution >= 0.6 is 0 Å². The average molecular weight is 382 g/mol. The van der Waals surface area contributed by atoms with Gasteiger partial charge in [0.15, 0.2) is 0 Å². The van der Waals surface area contributed by atoms with E-state index >= 15 is 0 Å². The van der Waals surface area contributed by atoms with Gasteiger partial charge in [0.25, 0.3) is 0 Å². The molecule has 5 rings (SSSR count). The molecule has 0 bridgehead atoms. The van der Waals surface area contributed by atoms with Gasteiger partial charge >= 0.3 is 0 Å². The largest absolute Gasteiger partial charge is 0.508 e. The maximum atomic E-state index is 8.85. The van der Waals surface area contributed by atoms with Crippen LogP contribution in [0.25, 0.3) is 0 Å². The van der Waals surface area contributed by atoms with Crippen molar-refractivity contribution in [1.29, 1.82) is 0 Å². The molecule has 0 radical (unpaired) electrons. The summed E-state index contributed by atoms with van der Waals surface area (Å²) in [6, 6.07) is 7.27. The molecule has 0 saturated carbocycles. The highest BCUT2D eigenvalue weighted by molar-refractivity contribution is 5.25. The Morgan fingerprint density at radius 2 is 1.07 bits per heavy atom. The van der Waals surface area contributed by atoms with E-state index in [1.807, 2.05) is 12.1 Å². The summed E-state index contributed by atoms with van der Waals surface area (Å²) in [7, 11) is 0. The summed E-state index contributed by atoms with van der Waals surface area (Å²) in [5, 5.41) is 8.85. The Morgan fingerprint density at radius 3 is 1.33 bits per heavy atom. The van der Waals surface area contributed by atoms with Crippen molar-refractivity contribution < 1.29 is 33.5 Å². The third-order valence-electron chi connectivity index (χ3n) is 4.17. The van der Waals surface area contributed by atoms with Gasteiger partial charge in [0.05, 0.1) is 52.9 Å². The minimum atomic E-state index is 0.340. The van der Waals surface area contributed by atoms with Crippen molar-refractivity contribution in [2.75, 3.05) is 52.9 Å². The topological polar surface area (TPSA) is 88.8 Å². The first-order valence-corrected chi connectivity index (χ1v) is 9.62. The molecule has 4 heterocycles. The average Bonchev–Trinajstić information content (AvgIpc) is 3.50. The van der Waals surface area contributed by atoms with Crippen molar-refractivity contribution in [2.45, 2.75) is 37.8 Å². The van der Waals surface area contributed by atoms with Crippen LogP contribution in [0.15, 0.2) is 24.3 Å². The van der Waals surface area contributed by atoms with E-state index in [0.717, 1.165) is 59.3 Å². The molecule has 1 N–H and O–H groups in total. The summed E-state index contributed by atoms with van der Waals surface area (Å²) in [4.78, 5) is 0. The zero-order valence-corrected chi connectivity index (χ0v) is 15.9. The lowest BCUT2D eigenvalue weighted by molar-refractivity contribution is 0.102. The maximum Gasteiger partial charge on any atom is 0.115 e. The highest BCUT2D eigenvalue weighted by Gasteiger charge is 2.27. The van der Waals surface area contributed by atoms with Gasteiger partial charge in [-0.05, 0) is 24.1 Å². The highest BCUT2D eigenvalue weighted by Crippen LogP contribution is 2.13. The SMILES string of the molecule is C(OCC1CO1)C1CO1.C(OCC1CO1)C1CO1.CCc1ccc(O)cc1. The molecule has 1 aromatic carbocycles. The molecule has 0 aromatic heterocycles. The van der Waals surface area contributed by atoms with E-state index in [0.29, 0.717) is 30.2 Å². The van der Waals surface area contributed by atoms with Crippen LogP contribution in [0.5, 0.6) is 5.75 Å². The molecular formula is C20H30O7. The summed E-state index contributed by atoms with van der Waals surface area (Å²) < 4.78 is 30.2. The molecule has 4 unspecified atom stereocenters. The van der Waals surface area contributed by atoms with E-state index in [1.165, 1.54) is 5.56 Å². The second-order valence-electron chi connectivity index (χ2n) is 6.92. The van der Waals surface area contributed by atoms with Gasteiger partial charge in [-0.25, -0.2) is 0 Å². The summed E-state index contributed by atoms with van der Waals surface area (Å²) in [6.45, 7) is 8.61. The number of phenols is 1. The molecule has 27 heavy (non-hydrogen) atoms. The monoisotopic (exact) mass is 382 g/mol. The molecule has 0 amide bonds. The Labute approximate surface area is 160 Å². The number of rotatable bonds is 9. The number of phenolic OH excluding ortho intramolecular Hbond substituents is 1. The van der Waals surface area contributed by atoms with Gasteiger partial charge in [0.1, 0.15) is 30.2 Å². The van der Waals surface area contributed by atoms with Gasteiger partial charge in [0, 0.05) is 0 Å². The van der Waals surface area contributed by atoms with E-state index in [4.69, 9.17) is 33.5 Å². The molecule has 4 aliphatic rings. The van der Waals surface area contributed by atoms with E-state index < -0.39 is 0 Å². The Bertz CT molecular complexity index is 470.